The lowest BCUT2D eigenvalue weighted by molar-refractivity contribution is -0.138. The highest BCUT2D eigenvalue weighted by molar-refractivity contribution is 5.85. The highest BCUT2D eigenvalue weighted by atomic mass is 35.5. The van der Waals surface area contributed by atoms with Gasteiger partial charge in [0.15, 0.2) is 0 Å². The molecule has 0 spiro atoms. The average Bonchev–Trinajstić information content (AvgIpc) is 2.42. The topological polar surface area (TPSA) is 64.8 Å². The van der Waals surface area contributed by atoms with Crippen molar-refractivity contribution in [3.05, 3.63) is 0 Å². The number of piperidine rings is 1. The second-order valence-corrected chi connectivity index (χ2v) is 5.39. The van der Waals surface area contributed by atoms with Crippen LogP contribution in [0.15, 0.2) is 0 Å². The predicted octanol–water partition coefficient (Wildman–Crippen LogP) is 1.44. The number of amides is 1. The minimum atomic E-state index is -0.0980. The second kappa shape index (κ2) is 10.4. The van der Waals surface area contributed by atoms with Gasteiger partial charge in [-0.25, -0.2) is 0 Å². The van der Waals surface area contributed by atoms with E-state index in [2.05, 4.69) is 0 Å². The zero-order valence-electron chi connectivity index (χ0n) is 12.8. The number of methoxy groups -OCH3 is 1. The zero-order chi connectivity index (χ0) is 14.3. The number of halogens is 1. The zero-order valence-corrected chi connectivity index (χ0v) is 13.7. The Labute approximate surface area is 128 Å². The van der Waals surface area contributed by atoms with Crippen molar-refractivity contribution >= 4 is 18.3 Å². The molecule has 0 aromatic heterocycles. The van der Waals surface area contributed by atoms with E-state index < -0.39 is 0 Å². The lowest BCUT2D eigenvalue weighted by Gasteiger charge is -2.34. The number of hydrogen-bond donors (Lipinski definition) is 1. The van der Waals surface area contributed by atoms with E-state index >= 15 is 0 Å². The third kappa shape index (κ3) is 6.39. The van der Waals surface area contributed by atoms with Crippen LogP contribution in [0.3, 0.4) is 0 Å². The van der Waals surface area contributed by atoms with Gasteiger partial charge < -0.3 is 20.1 Å². The quantitative estimate of drug-likeness (QED) is 0.723. The summed E-state index contributed by atoms with van der Waals surface area (Å²) in [5, 5.41) is 0. The molecule has 0 saturated carbocycles. The van der Waals surface area contributed by atoms with Crippen LogP contribution in [0, 0.1) is 5.92 Å². The molecule has 1 aliphatic rings. The number of rotatable bonds is 7. The van der Waals surface area contributed by atoms with Gasteiger partial charge in [-0.1, -0.05) is 6.92 Å². The molecular formula is C14H29ClN2O3. The Hall–Kier alpha value is -0.360. The van der Waals surface area contributed by atoms with Gasteiger partial charge in [0.1, 0.15) is 0 Å². The third-order valence-corrected chi connectivity index (χ3v) is 3.78. The first-order valence-corrected chi connectivity index (χ1v) is 7.21. The van der Waals surface area contributed by atoms with Crippen molar-refractivity contribution in [3.63, 3.8) is 0 Å². The van der Waals surface area contributed by atoms with E-state index in [0.717, 1.165) is 45.6 Å². The minimum Gasteiger partial charge on any atom is -0.385 e. The van der Waals surface area contributed by atoms with Crippen LogP contribution in [0.5, 0.6) is 0 Å². The van der Waals surface area contributed by atoms with Crippen LogP contribution in [0.2, 0.25) is 0 Å². The van der Waals surface area contributed by atoms with Crippen LogP contribution in [0.4, 0.5) is 0 Å². The maximum Gasteiger partial charge on any atom is 0.226 e. The molecule has 1 rings (SSSR count). The molecule has 2 N–H and O–H groups in total. The Kier molecular flexibility index (Phi) is 10.2. The van der Waals surface area contributed by atoms with Crippen LogP contribution in [-0.4, -0.2) is 56.4 Å². The number of carbonyl (C=O) groups excluding carboxylic acids is 1. The Morgan fingerprint density at radius 3 is 2.40 bits per heavy atom. The van der Waals surface area contributed by atoms with E-state index in [1.165, 1.54) is 0 Å². The molecule has 0 radical (unpaired) electrons. The first-order valence-electron chi connectivity index (χ1n) is 7.21. The van der Waals surface area contributed by atoms with Gasteiger partial charge in [-0.15, -0.1) is 12.4 Å². The molecule has 0 aromatic carbocycles. The maximum atomic E-state index is 12.1. The van der Waals surface area contributed by atoms with Crippen molar-refractivity contribution in [1.82, 2.24) is 4.90 Å². The maximum absolute atomic E-state index is 12.1. The molecule has 0 aromatic rings. The Bertz CT molecular complexity index is 269. The molecule has 1 aliphatic heterocycles. The summed E-state index contributed by atoms with van der Waals surface area (Å²) in [6, 6.07) is -0.0875. The van der Waals surface area contributed by atoms with Crippen molar-refractivity contribution in [1.29, 1.82) is 0 Å². The van der Waals surface area contributed by atoms with E-state index in [-0.39, 0.29) is 36.4 Å². The van der Waals surface area contributed by atoms with Crippen molar-refractivity contribution in [2.24, 2.45) is 11.7 Å². The highest BCUT2D eigenvalue weighted by Crippen LogP contribution is 2.17. The lowest BCUT2D eigenvalue weighted by atomic mass is 10.0. The largest absolute Gasteiger partial charge is 0.385 e. The van der Waals surface area contributed by atoms with Crippen molar-refractivity contribution in [2.75, 3.05) is 33.4 Å². The van der Waals surface area contributed by atoms with Crippen LogP contribution >= 0.6 is 12.4 Å². The summed E-state index contributed by atoms with van der Waals surface area (Å²) in [4.78, 5) is 14.1. The van der Waals surface area contributed by atoms with Gasteiger partial charge in [0.05, 0.1) is 12.0 Å². The summed E-state index contributed by atoms with van der Waals surface area (Å²) in [5.41, 5.74) is 5.78. The summed E-state index contributed by atoms with van der Waals surface area (Å²) < 4.78 is 10.8. The first kappa shape index (κ1) is 19.6. The molecular weight excluding hydrogens is 280 g/mol. The minimum absolute atomic E-state index is 0. The van der Waals surface area contributed by atoms with Gasteiger partial charge in [-0.2, -0.15) is 0 Å². The fraction of sp³-hybridized carbons (Fsp3) is 0.929. The van der Waals surface area contributed by atoms with Gasteiger partial charge in [-0.3, -0.25) is 4.79 Å². The van der Waals surface area contributed by atoms with Crippen LogP contribution in [0.25, 0.3) is 0 Å². The Morgan fingerprint density at radius 1 is 1.30 bits per heavy atom. The molecule has 120 valence electrons. The van der Waals surface area contributed by atoms with Crippen LogP contribution in [0.1, 0.15) is 33.1 Å². The second-order valence-electron chi connectivity index (χ2n) is 5.39. The van der Waals surface area contributed by atoms with Gasteiger partial charge in [0.25, 0.3) is 0 Å². The summed E-state index contributed by atoms with van der Waals surface area (Å²) >= 11 is 0. The van der Waals surface area contributed by atoms with Gasteiger partial charge in [0.2, 0.25) is 5.91 Å². The number of nitrogens with two attached hydrogens (primary N) is 1. The molecule has 2 atom stereocenters. The smallest absolute Gasteiger partial charge is 0.226 e. The van der Waals surface area contributed by atoms with Crippen LogP contribution < -0.4 is 5.73 Å². The summed E-state index contributed by atoms with van der Waals surface area (Å²) in [7, 11) is 1.70. The van der Waals surface area contributed by atoms with E-state index in [4.69, 9.17) is 15.2 Å². The molecule has 1 saturated heterocycles. The summed E-state index contributed by atoms with van der Waals surface area (Å²) in [6.45, 7) is 6.83. The fourth-order valence-corrected chi connectivity index (χ4v) is 2.21. The normalized spacial score (nSPS) is 19.3. The molecule has 0 bridgehead atoms. The molecule has 2 unspecified atom stereocenters. The monoisotopic (exact) mass is 308 g/mol. The molecule has 1 amide bonds. The molecule has 5 nitrogen and oxygen atoms in total. The third-order valence-electron chi connectivity index (χ3n) is 3.78. The van der Waals surface area contributed by atoms with Crippen molar-refractivity contribution in [3.8, 4) is 0 Å². The molecule has 1 heterocycles. The number of ether oxygens (including phenoxy) is 2. The van der Waals surface area contributed by atoms with Gasteiger partial charge in [-0.05, 0) is 26.2 Å². The lowest BCUT2D eigenvalue weighted by Crippen LogP contribution is -2.46. The van der Waals surface area contributed by atoms with Gasteiger partial charge >= 0.3 is 0 Å². The number of carbonyl (C=O) groups is 1. The number of nitrogens with zero attached hydrogens (tertiary/aromatic N) is 1. The standard InChI is InChI=1S/C14H28N2O3.ClH/c1-11(12(2)15)14(17)16-7-5-13(6-8-16)19-10-4-9-18-3;/h11-13H,4-10,15H2,1-3H3;1H. The first-order chi connectivity index (χ1) is 9.06. The van der Waals surface area contributed by atoms with E-state index in [1.54, 1.807) is 7.11 Å². The average molecular weight is 309 g/mol. The molecule has 6 heteroatoms. The van der Waals surface area contributed by atoms with Gasteiger partial charge in [0, 0.05) is 39.5 Å². The highest BCUT2D eigenvalue weighted by Gasteiger charge is 2.27. The summed E-state index contributed by atoms with van der Waals surface area (Å²) in [5.74, 6) is 0.0759. The Balaban J connectivity index is 0.00000361. The van der Waals surface area contributed by atoms with Crippen LogP contribution in [-0.2, 0) is 14.3 Å². The number of hydrogen-bond acceptors (Lipinski definition) is 4. The molecule has 20 heavy (non-hydrogen) atoms. The molecule has 0 aliphatic carbocycles. The summed E-state index contributed by atoms with van der Waals surface area (Å²) in [6.07, 6.45) is 3.05. The Morgan fingerprint density at radius 2 is 1.90 bits per heavy atom. The SMILES string of the molecule is COCCCOC1CCN(C(=O)C(C)C(C)N)CC1.Cl. The van der Waals surface area contributed by atoms with Crippen molar-refractivity contribution in [2.45, 2.75) is 45.3 Å². The van der Waals surface area contributed by atoms with E-state index in [0.29, 0.717) is 0 Å². The van der Waals surface area contributed by atoms with E-state index in [9.17, 15) is 4.79 Å². The molecule has 1 fully saturated rings. The van der Waals surface area contributed by atoms with Crippen molar-refractivity contribution < 1.29 is 14.3 Å². The predicted molar refractivity (Wildman–Crippen MR) is 82.1 cm³/mol. The number of likely N-dealkylation sites (tertiary alicyclic amines) is 1. The fourth-order valence-electron chi connectivity index (χ4n) is 2.21. The van der Waals surface area contributed by atoms with E-state index in [1.807, 2.05) is 18.7 Å².